The second kappa shape index (κ2) is 5.81. The molecule has 1 aliphatic rings. The Bertz CT molecular complexity index is 616. The van der Waals surface area contributed by atoms with Gasteiger partial charge in [-0.3, -0.25) is 0 Å². The van der Waals surface area contributed by atoms with E-state index < -0.39 is 0 Å². The zero-order chi connectivity index (χ0) is 13.9. The maximum absolute atomic E-state index is 5.88. The van der Waals surface area contributed by atoms with Crippen LogP contribution in [0.3, 0.4) is 0 Å². The normalized spacial score (nSPS) is 15.3. The topological polar surface area (TPSA) is 63.3 Å². The molecule has 0 unspecified atom stereocenters. The van der Waals surface area contributed by atoms with Crippen molar-refractivity contribution < 1.29 is 0 Å². The minimum absolute atomic E-state index is 0.522. The van der Waals surface area contributed by atoms with Crippen molar-refractivity contribution in [1.29, 1.82) is 0 Å². The van der Waals surface area contributed by atoms with Crippen molar-refractivity contribution in [2.75, 3.05) is 0 Å². The molecule has 104 valence electrons. The molecule has 3 rings (SSSR count). The number of hydrogen-bond acceptors (Lipinski definition) is 3. The number of thiazole rings is 1. The molecule has 0 spiro atoms. The van der Waals surface area contributed by atoms with Gasteiger partial charge in [-0.15, -0.1) is 11.3 Å². The summed E-state index contributed by atoms with van der Waals surface area (Å²) in [5.74, 6) is 0.522. The predicted molar refractivity (Wildman–Crippen MR) is 84.0 cm³/mol. The Hall–Kier alpha value is -1.59. The van der Waals surface area contributed by atoms with E-state index in [0.29, 0.717) is 18.5 Å². The minimum atomic E-state index is 0.522. The zero-order valence-corrected chi connectivity index (χ0v) is 12.4. The van der Waals surface area contributed by atoms with Crippen LogP contribution in [-0.4, -0.2) is 17.0 Å². The number of guanidine groups is 1. The SMILES string of the molecule is NC(=NCc1cnc(-c2ccc(Cl)cc2)s1)NC1CC1. The lowest BCUT2D eigenvalue weighted by atomic mass is 10.2. The van der Waals surface area contributed by atoms with E-state index in [9.17, 15) is 0 Å². The Morgan fingerprint density at radius 3 is 2.85 bits per heavy atom. The van der Waals surface area contributed by atoms with Gasteiger partial charge in [-0.05, 0) is 25.0 Å². The van der Waals surface area contributed by atoms with E-state index in [2.05, 4.69) is 15.3 Å². The van der Waals surface area contributed by atoms with E-state index in [0.717, 1.165) is 20.5 Å². The molecule has 2 aromatic rings. The Morgan fingerprint density at radius 1 is 1.40 bits per heavy atom. The summed E-state index contributed by atoms with van der Waals surface area (Å²) < 4.78 is 0. The fraction of sp³-hybridized carbons (Fsp3) is 0.286. The second-order valence-corrected chi connectivity index (χ2v) is 6.31. The van der Waals surface area contributed by atoms with Crippen LogP contribution in [-0.2, 0) is 6.54 Å². The molecule has 1 fully saturated rings. The molecular weight excluding hydrogens is 292 g/mol. The van der Waals surface area contributed by atoms with E-state index in [4.69, 9.17) is 17.3 Å². The zero-order valence-electron chi connectivity index (χ0n) is 10.8. The molecule has 3 N–H and O–H groups in total. The lowest BCUT2D eigenvalue weighted by molar-refractivity contribution is 0.881. The number of nitrogens with two attached hydrogens (primary N) is 1. The summed E-state index contributed by atoms with van der Waals surface area (Å²) in [5.41, 5.74) is 6.87. The monoisotopic (exact) mass is 306 g/mol. The van der Waals surface area contributed by atoms with E-state index in [1.165, 1.54) is 12.8 Å². The third-order valence-corrected chi connectivity index (χ3v) is 4.26. The largest absolute Gasteiger partial charge is 0.370 e. The summed E-state index contributed by atoms with van der Waals surface area (Å²) in [6.45, 7) is 0.566. The number of nitrogens with zero attached hydrogens (tertiary/aromatic N) is 2. The van der Waals surface area contributed by atoms with Crippen molar-refractivity contribution >= 4 is 28.9 Å². The summed E-state index contributed by atoms with van der Waals surface area (Å²) in [7, 11) is 0. The Labute approximate surface area is 126 Å². The predicted octanol–water partition coefficient (Wildman–Crippen LogP) is 3.03. The van der Waals surface area contributed by atoms with Gasteiger partial charge in [-0.25, -0.2) is 9.98 Å². The summed E-state index contributed by atoms with van der Waals surface area (Å²) in [5, 5.41) is 4.87. The van der Waals surface area contributed by atoms with E-state index in [1.807, 2.05) is 30.5 Å². The molecule has 20 heavy (non-hydrogen) atoms. The molecule has 1 saturated carbocycles. The van der Waals surface area contributed by atoms with Gasteiger partial charge in [-0.1, -0.05) is 23.7 Å². The molecule has 0 bridgehead atoms. The Morgan fingerprint density at radius 2 is 2.15 bits per heavy atom. The number of aromatic nitrogens is 1. The highest BCUT2D eigenvalue weighted by atomic mass is 35.5. The Balaban J connectivity index is 1.65. The molecule has 0 radical (unpaired) electrons. The maximum Gasteiger partial charge on any atom is 0.189 e. The molecule has 1 aromatic carbocycles. The molecule has 1 heterocycles. The fourth-order valence-electron chi connectivity index (χ4n) is 1.75. The fourth-order valence-corrected chi connectivity index (χ4v) is 2.72. The van der Waals surface area contributed by atoms with Crippen molar-refractivity contribution in [3.63, 3.8) is 0 Å². The summed E-state index contributed by atoms with van der Waals surface area (Å²) in [6.07, 6.45) is 4.23. The van der Waals surface area contributed by atoms with E-state index >= 15 is 0 Å². The highest BCUT2D eigenvalue weighted by Gasteiger charge is 2.21. The van der Waals surface area contributed by atoms with Crippen molar-refractivity contribution in [3.05, 3.63) is 40.4 Å². The third-order valence-electron chi connectivity index (χ3n) is 2.98. The number of halogens is 1. The second-order valence-electron chi connectivity index (χ2n) is 4.76. The van der Waals surface area contributed by atoms with Gasteiger partial charge in [0.25, 0.3) is 0 Å². The number of hydrogen-bond donors (Lipinski definition) is 2. The van der Waals surface area contributed by atoms with E-state index in [1.54, 1.807) is 11.3 Å². The molecular formula is C14H15ClN4S. The summed E-state index contributed by atoms with van der Waals surface area (Å²) in [6, 6.07) is 8.21. The van der Waals surface area contributed by atoms with Crippen LogP contribution < -0.4 is 11.1 Å². The van der Waals surface area contributed by atoms with Crippen LogP contribution in [0.4, 0.5) is 0 Å². The molecule has 1 aromatic heterocycles. The van der Waals surface area contributed by atoms with Crippen LogP contribution in [0.25, 0.3) is 10.6 Å². The van der Waals surface area contributed by atoms with Crippen molar-refractivity contribution in [3.8, 4) is 10.6 Å². The molecule has 0 saturated heterocycles. The van der Waals surface area contributed by atoms with Crippen LogP contribution in [0.15, 0.2) is 35.5 Å². The molecule has 6 heteroatoms. The van der Waals surface area contributed by atoms with Crippen LogP contribution in [0.5, 0.6) is 0 Å². The first kappa shape index (κ1) is 13.4. The summed E-state index contributed by atoms with van der Waals surface area (Å²) >= 11 is 7.50. The Kier molecular flexibility index (Phi) is 3.89. The van der Waals surface area contributed by atoms with Crippen LogP contribution >= 0.6 is 22.9 Å². The lowest BCUT2D eigenvalue weighted by Gasteiger charge is -2.01. The van der Waals surface area contributed by atoms with Gasteiger partial charge < -0.3 is 11.1 Å². The van der Waals surface area contributed by atoms with Gasteiger partial charge in [0.15, 0.2) is 5.96 Å². The molecule has 0 atom stereocenters. The molecule has 0 amide bonds. The van der Waals surface area contributed by atoms with Crippen LogP contribution in [0.1, 0.15) is 17.7 Å². The average molecular weight is 307 g/mol. The first-order valence-electron chi connectivity index (χ1n) is 6.48. The molecule has 1 aliphatic carbocycles. The first-order valence-corrected chi connectivity index (χ1v) is 7.67. The van der Waals surface area contributed by atoms with Gasteiger partial charge in [0.05, 0.1) is 6.54 Å². The standard InChI is InChI=1S/C14H15ClN4S/c15-10-3-1-9(2-4-10)13-17-7-12(20-13)8-18-14(16)19-11-5-6-11/h1-4,7,11H,5-6,8H2,(H3,16,18,19). The first-order chi connectivity index (χ1) is 9.70. The highest BCUT2D eigenvalue weighted by molar-refractivity contribution is 7.15. The molecule has 0 aliphatic heterocycles. The number of aliphatic imine (C=N–C) groups is 1. The number of rotatable bonds is 4. The maximum atomic E-state index is 5.88. The minimum Gasteiger partial charge on any atom is -0.370 e. The summed E-state index contributed by atoms with van der Waals surface area (Å²) in [4.78, 5) is 9.83. The van der Waals surface area contributed by atoms with Gasteiger partial charge >= 0.3 is 0 Å². The van der Waals surface area contributed by atoms with Crippen LogP contribution in [0.2, 0.25) is 5.02 Å². The lowest BCUT2D eigenvalue weighted by Crippen LogP contribution is -2.33. The average Bonchev–Trinajstić information content (AvgIpc) is 3.12. The van der Waals surface area contributed by atoms with Gasteiger partial charge in [0, 0.05) is 27.7 Å². The van der Waals surface area contributed by atoms with Gasteiger partial charge in [0.2, 0.25) is 0 Å². The van der Waals surface area contributed by atoms with Gasteiger partial charge in [-0.2, -0.15) is 0 Å². The number of nitrogens with one attached hydrogen (secondary N) is 1. The van der Waals surface area contributed by atoms with Crippen molar-refractivity contribution in [2.45, 2.75) is 25.4 Å². The highest BCUT2D eigenvalue weighted by Crippen LogP contribution is 2.26. The molecule has 4 nitrogen and oxygen atoms in total. The van der Waals surface area contributed by atoms with Gasteiger partial charge in [0.1, 0.15) is 5.01 Å². The van der Waals surface area contributed by atoms with Crippen molar-refractivity contribution in [2.24, 2.45) is 10.7 Å². The third kappa shape index (κ3) is 3.49. The quantitative estimate of drug-likeness (QED) is 0.674. The van der Waals surface area contributed by atoms with E-state index in [-0.39, 0.29) is 0 Å². The smallest absolute Gasteiger partial charge is 0.189 e. The number of benzene rings is 1. The van der Waals surface area contributed by atoms with Crippen LogP contribution in [0, 0.1) is 0 Å². The van der Waals surface area contributed by atoms with Crippen molar-refractivity contribution in [1.82, 2.24) is 10.3 Å².